The molecule has 11 heteroatoms. The SMILES string of the molecule is C=CCn1c(=NC(=O)C2CCN(S(=O)(=O)c3ccc(C)cc3)CC2)sc2cc([N+](=O)[O-])ccc21. The zero-order chi connectivity index (χ0) is 24.5. The fourth-order valence-electron chi connectivity index (χ4n) is 3.95. The number of non-ortho nitro benzene ring substituents is 1. The summed E-state index contributed by atoms with van der Waals surface area (Å²) in [6, 6.07) is 11.3. The highest BCUT2D eigenvalue weighted by atomic mass is 32.2. The van der Waals surface area contributed by atoms with Gasteiger partial charge in [-0.3, -0.25) is 14.9 Å². The normalized spacial score (nSPS) is 16.1. The molecule has 1 amide bonds. The number of hydrogen-bond donors (Lipinski definition) is 0. The van der Waals surface area contributed by atoms with E-state index in [0.717, 1.165) is 11.1 Å². The minimum atomic E-state index is -3.61. The summed E-state index contributed by atoms with van der Waals surface area (Å²) >= 11 is 1.21. The van der Waals surface area contributed by atoms with Crippen molar-refractivity contribution in [3.05, 3.63) is 75.6 Å². The van der Waals surface area contributed by atoms with Crippen LogP contribution in [0.25, 0.3) is 10.2 Å². The van der Waals surface area contributed by atoms with Gasteiger partial charge in [-0.1, -0.05) is 35.1 Å². The number of aryl methyl sites for hydroxylation is 1. The lowest BCUT2D eigenvalue weighted by atomic mass is 9.98. The van der Waals surface area contributed by atoms with Crippen LogP contribution in [-0.2, 0) is 21.4 Å². The fourth-order valence-corrected chi connectivity index (χ4v) is 6.50. The van der Waals surface area contributed by atoms with Gasteiger partial charge in [-0.25, -0.2) is 8.42 Å². The Kier molecular flexibility index (Phi) is 6.78. The molecule has 2 heterocycles. The predicted octanol–water partition coefficient (Wildman–Crippen LogP) is 3.63. The average Bonchev–Trinajstić information content (AvgIpc) is 3.15. The van der Waals surface area contributed by atoms with Crippen molar-refractivity contribution in [3.8, 4) is 0 Å². The zero-order valence-corrected chi connectivity index (χ0v) is 20.2. The van der Waals surface area contributed by atoms with Crippen LogP contribution in [0, 0.1) is 23.0 Å². The van der Waals surface area contributed by atoms with E-state index in [1.165, 1.54) is 27.8 Å². The maximum atomic E-state index is 13.0. The molecule has 0 atom stereocenters. The molecule has 9 nitrogen and oxygen atoms in total. The van der Waals surface area contributed by atoms with Crippen LogP contribution in [0.4, 0.5) is 5.69 Å². The second-order valence-electron chi connectivity index (χ2n) is 8.13. The van der Waals surface area contributed by atoms with Gasteiger partial charge in [0.2, 0.25) is 10.0 Å². The van der Waals surface area contributed by atoms with Gasteiger partial charge < -0.3 is 4.57 Å². The standard InChI is InChI=1S/C23H24N4O5S2/c1-3-12-26-20-9-6-18(27(29)30)15-21(20)33-23(26)24-22(28)17-10-13-25(14-11-17)34(31,32)19-7-4-16(2)5-8-19/h3-9,15,17H,1,10-14H2,2H3. The summed E-state index contributed by atoms with van der Waals surface area (Å²) in [5, 5.41) is 11.1. The number of carbonyl (C=O) groups excluding carboxylic acids is 1. The molecule has 0 radical (unpaired) electrons. The van der Waals surface area contributed by atoms with Crippen molar-refractivity contribution >= 4 is 43.2 Å². The molecule has 0 aliphatic carbocycles. The summed E-state index contributed by atoms with van der Waals surface area (Å²) in [5.41, 5.74) is 1.69. The number of piperidine rings is 1. The molecule has 2 aromatic carbocycles. The lowest BCUT2D eigenvalue weighted by Crippen LogP contribution is -2.40. The number of benzene rings is 2. The zero-order valence-electron chi connectivity index (χ0n) is 18.6. The number of allylic oxidation sites excluding steroid dienone is 1. The summed E-state index contributed by atoms with van der Waals surface area (Å²) in [4.78, 5) is 28.6. The number of aromatic nitrogens is 1. The first-order valence-corrected chi connectivity index (χ1v) is 13.0. The van der Waals surface area contributed by atoms with Crippen LogP contribution >= 0.6 is 11.3 Å². The summed E-state index contributed by atoms with van der Waals surface area (Å²) in [5.74, 6) is -0.701. The Balaban J connectivity index is 1.55. The minimum absolute atomic E-state index is 0.0282. The number of fused-ring (bicyclic) bond motifs is 1. The first kappa shape index (κ1) is 24.0. The van der Waals surface area contributed by atoms with E-state index in [0.29, 0.717) is 28.9 Å². The Hall–Kier alpha value is -3.15. The van der Waals surface area contributed by atoms with Crippen LogP contribution in [0.15, 0.2) is 65.0 Å². The van der Waals surface area contributed by atoms with Crippen LogP contribution in [0.5, 0.6) is 0 Å². The third-order valence-corrected chi connectivity index (χ3v) is 8.81. The van der Waals surface area contributed by atoms with Crippen LogP contribution in [0.2, 0.25) is 0 Å². The molecule has 1 fully saturated rings. The maximum Gasteiger partial charge on any atom is 0.270 e. The van der Waals surface area contributed by atoms with Gasteiger partial charge >= 0.3 is 0 Å². The van der Waals surface area contributed by atoms with E-state index in [1.54, 1.807) is 41.0 Å². The van der Waals surface area contributed by atoms with E-state index in [1.807, 2.05) is 6.92 Å². The molecular formula is C23H24N4O5S2. The second-order valence-corrected chi connectivity index (χ2v) is 11.1. The first-order valence-electron chi connectivity index (χ1n) is 10.7. The average molecular weight is 501 g/mol. The first-order chi connectivity index (χ1) is 16.2. The Morgan fingerprint density at radius 1 is 1.24 bits per heavy atom. The van der Waals surface area contributed by atoms with Crippen molar-refractivity contribution in [2.24, 2.45) is 10.9 Å². The molecule has 3 aromatic rings. The van der Waals surface area contributed by atoms with E-state index >= 15 is 0 Å². The molecule has 1 aliphatic heterocycles. The molecule has 0 N–H and O–H groups in total. The number of nitro groups is 1. The molecule has 1 aliphatic rings. The van der Waals surface area contributed by atoms with Crippen molar-refractivity contribution in [2.45, 2.75) is 31.2 Å². The summed E-state index contributed by atoms with van der Waals surface area (Å²) in [6.45, 7) is 6.53. The third kappa shape index (κ3) is 4.72. The van der Waals surface area contributed by atoms with E-state index in [9.17, 15) is 23.3 Å². The highest BCUT2D eigenvalue weighted by molar-refractivity contribution is 7.89. The van der Waals surface area contributed by atoms with Crippen LogP contribution in [-0.4, -0.2) is 41.2 Å². The van der Waals surface area contributed by atoms with E-state index < -0.39 is 14.9 Å². The molecule has 1 saturated heterocycles. The van der Waals surface area contributed by atoms with E-state index in [4.69, 9.17) is 0 Å². The largest absolute Gasteiger partial charge is 0.312 e. The molecule has 0 spiro atoms. The number of amides is 1. The van der Waals surface area contributed by atoms with Crippen LogP contribution in [0.3, 0.4) is 0 Å². The number of rotatable bonds is 6. The number of carbonyl (C=O) groups is 1. The highest BCUT2D eigenvalue weighted by Gasteiger charge is 2.32. The highest BCUT2D eigenvalue weighted by Crippen LogP contribution is 2.26. The fraction of sp³-hybridized carbons (Fsp3) is 0.304. The van der Waals surface area contributed by atoms with Gasteiger partial charge in [0.05, 0.1) is 20.0 Å². The van der Waals surface area contributed by atoms with Gasteiger partial charge in [-0.15, -0.1) is 6.58 Å². The van der Waals surface area contributed by atoms with Crippen LogP contribution in [0.1, 0.15) is 18.4 Å². The van der Waals surface area contributed by atoms with Gasteiger partial charge in [0.25, 0.3) is 11.6 Å². The van der Waals surface area contributed by atoms with Crippen molar-refractivity contribution in [1.29, 1.82) is 0 Å². The number of nitrogens with zero attached hydrogens (tertiary/aromatic N) is 4. The lowest BCUT2D eigenvalue weighted by molar-refractivity contribution is -0.384. The maximum absolute atomic E-state index is 13.0. The van der Waals surface area contributed by atoms with Gasteiger partial charge in [0, 0.05) is 37.7 Å². The Labute approximate surface area is 200 Å². The quantitative estimate of drug-likeness (QED) is 0.291. The summed E-state index contributed by atoms with van der Waals surface area (Å²) in [7, 11) is -3.61. The Morgan fingerprint density at radius 3 is 2.53 bits per heavy atom. The number of nitro benzene ring substituents is 1. The summed E-state index contributed by atoms with van der Waals surface area (Å²) < 4.78 is 29.7. The monoisotopic (exact) mass is 500 g/mol. The molecule has 0 unspecified atom stereocenters. The molecule has 0 saturated carbocycles. The van der Waals surface area contributed by atoms with Crippen molar-refractivity contribution < 1.29 is 18.1 Å². The van der Waals surface area contributed by atoms with Crippen molar-refractivity contribution in [1.82, 2.24) is 8.87 Å². The number of hydrogen-bond acceptors (Lipinski definition) is 6. The lowest BCUT2D eigenvalue weighted by Gasteiger charge is -2.29. The van der Waals surface area contributed by atoms with Gasteiger partial charge in [0.1, 0.15) is 0 Å². The molecule has 34 heavy (non-hydrogen) atoms. The Bertz CT molecular complexity index is 1430. The van der Waals surface area contributed by atoms with Gasteiger partial charge in [-0.2, -0.15) is 9.30 Å². The second kappa shape index (κ2) is 9.61. The number of sulfonamides is 1. The van der Waals surface area contributed by atoms with Gasteiger partial charge in [-0.05, 0) is 38.0 Å². The number of thiazole rings is 1. The molecular weight excluding hydrogens is 476 g/mol. The van der Waals surface area contributed by atoms with Crippen molar-refractivity contribution in [3.63, 3.8) is 0 Å². The predicted molar refractivity (Wildman–Crippen MR) is 130 cm³/mol. The molecule has 178 valence electrons. The summed E-state index contributed by atoms with van der Waals surface area (Å²) in [6.07, 6.45) is 2.43. The molecule has 4 rings (SSSR count). The topological polar surface area (TPSA) is 115 Å². The minimum Gasteiger partial charge on any atom is -0.312 e. The van der Waals surface area contributed by atoms with Crippen molar-refractivity contribution in [2.75, 3.05) is 13.1 Å². The smallest absolute Gasteiger partial charge is 0.270 e. The van der Waals surface area contributed by atoms with Crippen LogP contribution < -0.4 is 4.80 Å². The van der Waals surface area contributed by atoms with E-state index in [2.05, 4.69) is 11.6 Å². The molecule has 0 bridgehead atoms. The third-order valence-electron chi connectivity index (χ3n) is 5.86. The Morgan fingerprint density at radius 2 is 1.91 bits per heavy atom. The van der Waals surface area contributed by atoms with E-state index in [-0.39, 0.29) is 35.5 Å². The molecule has 1 aromatic heterocycles. The van der Waals surface area contributed by atoms with Gasteiger partial charge in [0.15, 0.2) is 4.80 Å².